The number of rotatable bonds is 8. The summed E-state index contributed by atoms with van der Waals surface area (Å²) in [6, 6.07) is 15.1. The molecule has 0 spiro atoms. The van der Waals surface area contributed by atoms with Crippen LogP contribution < -0.4 is 10.1 Å². The summed E-state index contributed by atoms with van der Waals surface area (Å²) in [5.41, 5.74) is 0. The Kier molecular flexibility index (Phi) is 6.06. The van der Waals surface area contributed by atoms with Crippen molar-refractivity contribution in [2.75, 3.05) is 13.2 Å². The molecule has 0 aliphatic rings. The van der Waals surface area contributed by atoms with E-state index in [-0.39, 0.29) is 0 Å². The summed E-state index contributed by atoms with van der Waals surface area (Å²) in [6.45, 7) is 8.51. The van der Waals surface area contributed by atoms with E-state index in [0.29, 0.717) is 12.0 Å². The smallest absolute Gasteiger partial charge is 0.120 e. The summed E-state index contributed by atoms with van der Waals surface area (Å²) in [4.78, 5) is 0. The zero-order chi connectivity index (χ0) is 15.1. The lowest BCUT2D eigenvalue weighted by Crippen LogP contribution is -2.40. The molecule has 0 heterocycles. The third-order valence-electron chi connectivity index (χ3n) is 4.14. The van der Waals surface area contributed by atoms with Crippen molar-refractivity contribution in [3.63, 3.8) is 0 Å². The summed E-state index contributed by atoms with van der Waals surface area (Å²) in [5.74, 6) is 1.58. The van der Waals surface area contributed by atoms with Crippen molar-refractivity contribution in [1.82, 2.24) is 5.32 Å². The van der Waals surface area contributed by atoms with Crippen molar-refractivity contribution < 1.29 is 4.74 Å². The molecule has 2 atom stereocenters. The number of ether oxygens (including phenoxy) is 1. The highest BCUT2D eigenvalue weighted by Gasteiger charge is 2.15. The molecule has 1 N–H and O–H groups in total. The number of benzene rings is 2. The maximum atomic E-state index is 6.03. The van der Waals surface area contributed by atoms with E-state index in [1.54, 1.807) is 0 Å². The van der Waals surface area contributed by atoms with Gasteiger partial charge in [-0.15, -0.1) is 0 Å². The van der Waals surface area contributed by atoms with Gasteiger partial charge in [-0.1, -0.05) is 57.5 Å². The second-order valence-electron chi connectivity index (χ2n) is 5.77. The maximum Gasteiger partial charge on any atom is 0.120 e. The second kappa shape index (κ2) is 8.04. The lowest BCUT2D eigenvalue weighted by atomic mass is 10.00. The van der Waals surface area contributed by atoms with Gasteiger partial charge in [0.15, 0.2) is 0 Å². The Morgan fingerprint density at radius 2 is 1.81 bits per heavy atom. The highest BCUT2D eigenvalue weighted by Crippen LogP contribution is 2.21. The molecule has 2 nitrogen and oxygen atoms in total. The van der Waals surface area contributed by atoms with Gasteiger partial charge >= 0.3 is 0 Å². The minimum absolute atomic E-state index is 0.418. The molecular weight excluding hydrogens is 258 g/mol. The van der Waals surface area contributed by atoms with E-state index in [1.165, 1.54) is 17.2 Å². The van der Waals surface area contributed by atoms with Crippen LogP contribution in [0, 0.1) is 5.92 Å². The normalized spacial score (nSPS) is 14.0. The van der Waals surface area contributed by atoms with Crippen LogP contribution in [0.3, 0.4) is 0 Å². The molecular formula is C19H27NO. The van der Waals surface area contributed by atoms with Crippen LogP contribution in [0.2, 0.25) is 0 Å². The molecule has 2 aromatic rings. The Bertz CT molecular complexity index is 552. The van der Waals surface area contributed by atoms with Gasteiger partial charge in [-0.3, -0.25) is 0 Å². The predicted octanol–water partition coefficient (Wildman–Crippen LogP) is 4.63. The monoisotopic (exact) mass is 285 g/mol. The Morgan fingerprint density at radius 1 is 1.05 bits per heavy atom. The van der Waals surface area contributed by atoms with Gasteiger partial charge in [0, 0.05) is 6.04 Å². The Hall–Kier alpha value is -1.54. The fourth-order valence-corrected chi connectivity index (χ4v) is 2.48. The Morgan fingerprint density at radius 3 is 2.52 bits per heavy atom. The summed E-state index contributed by atoms with van der Waals surface area (Å²) in [6.07, 6.45) is 2.32. The molecule has 0 saturated heterocycles. The molecule has 0 fully saturated rings. The molecule has 0 bridgehead atoms. The van der Waals surface area contributed by atoms with Crippen LogP contribution in [0.5, 0.6) is 5.75 Å². The third-order valence-corrected chi connectivity index (χ3v) is 4.14. The van der Waals surface area contributed by atoms with Crippen molar-refractivity contribution in [2.24, 2.45) is 5.92 Å². The summed E-state index contributed by atoms with van der Waals surface area (Å²) in [7, 11) is 0. The molecule has 2 aromatic carbocycles. The summed E-state index contributed by atoms with van der Waals surface area (Å²) in [5, 5.41) is 6.09. The van der Waals surface area contributed by atoms with Gasteiger partial charge in [0.05, 0.1) is 0 Å². The number of hydrogen-bond acceptors (Lipinski definition) is 2. The minimum atomic E-state index is 0.418. The van der Waals surface area contributed by atoms with Gasteiger partial charge in [-0.25, -0.2) is 0 Å². The van der Waals surface area contributed by atoms with Crippen molar-refractivity contribution in [2.45, 2.75) is 39.7 Å². The van der Waals surface area contributed by atoms with Gasteiger partial charge in [-0.05, 0) is 41.8 Å². The van der Waals surface area contributed by atoms with Gasteiger partial charge in [0.2, 0.25) is 0 Å². The SMILES string of the molecule is CCCNC(COc1ccc2ccccc2c1)C(C)CC. The molecule has 2 heteroatoms. The zero-order valence-electron chi connectivity index (χ0n) is 13.4. The van der Waals surface area contributed by atoms with E-state index >= 15 is 0 Å². The van der Waals surface area contributed by atoms with Crippen LogP contribution in [0.25, 0.3) is 10.8 Å². The lowest BCUT2D eigenvalue weighted by molar-refractivity contribution is 0.221. The first-order valence-corrected chi connectivity index (χ1v) is 8.09. The second-order valence-corrected chi connectivity index (χ2v) is 5.77. The molecule has 0 amide bonds. The average Bonchev–Trinajstić information content (AvgIpc) is 2.54. The number of nitrogens with one attached hydrogen (secondary N) is 1. The first kappa shape index (κ1) is 15.8. The van der Waals surface area contributed by atoms with Gasteiger partial charge < -0.3 is 10.1 Å². The average molecular weight is 285 g/mol. The highest BCUT2D eigenvalue weighted by molar-refractivity contribution is 5.83. The zero-order valence-corrected chi connectivity index (χ0v) is 13.4. The van der Waals surface area contributed by atoms with Crippen molar-refractivity contribution >= 4 is 10.8 Å². The quantitative estimate of drug-likeness (QED) is 0.763. The van der Waals surface area contributed by atoms with Gasteiger partial charge in [-0.2, -0.15) is 0 Å². The fourth-order valence-electron chi connectivity index (χ4n) is 2.48. The molecule has 21 heavy (non-hydrogen) atoms. The third kappa shape index (κ3) is 4.47. The van der Waals surface area contributed by atoms with Crippen LogP contribution in [-0.2, 0) is 0 Å². The molecule has 114 valence electrons. The van der Waals surface area contributed by atoms with E-state index in [2.05, 4.69) is 68.6 Å². The van der Waals surface area contributed by atoms with Gasteiger partial charge in [0.1, 0.15) is 12.4 Å². The summed E-state index contributed by atoms with van der Waals surface area (Å²) >= 11 is 0. The van der Waals surface area contributed by atoms with Crippen molar-refractivity contribution in [3.05, 3.63) is 42.5 Å². The first-order valence-electron chi connectivity index (χ1n) is 8.09. The summed E-state index contributed by atoms with van der Waals surface area (Å²) < 4.78 is 6.03. The van der Waals surface area contributed by atoms with Crippen LogP contribution in [0.1, 0.15) is 33.6 Å². The fraction of sp³-hybridized carbons (Fsp3) is 0.474. The topological polar surface area (TPSA) is 21.3 Å². The number of fused-ring (bicyclic) bond motifs is 1. The molecule has 0 radical (unpaired) electrons. The number of hydrogen-bond donors (Lipinski definition) is 1. The van der Waals surface area contributed by atoms with E-state index < -0.39 is 0 Å². The predicted molar refractivity (Wildman–Crippen MR) is 91.0 cm³/mol. The van der Waals surface area contributed by atoms with Crippen molar-refractivity contribution in [1.29, 1.82) is 0 Å². The molecule has 0 aromatic heterocycles. The standard InChI is InChI=1S/C19H27NO/c1-4-12-20-19(15(3)5-2)14-21-18-11-10-16-8-6-7-9-17(16)13-18/h6-11,13,15,19-20H,4-5,12,14H2,1-3H3. The van der Waals surface area contributed by atoms with Crippen LogP contribution >= 0.6 is 0 Å². The molecule has 0 aliphatic heterocycles. The van der Waals surface area contributed by atoms with Crippen molar-refractivity contribution in [3.8, 4) is 5.75 Å². The Balaban J connectivity index is 2.00. The van der Waals surface area contributed by atoms with Crippen LogP contribution in [0.4, 0.5) is 0 Å². The Labute approximate surface area is 128 Å². The molecule has 2 rings (SSSR count). The lowest BCUT2D eigenvalue weighted by Gasteiger charge is -2.24. The van der Waals surface area contributed by atoms with E-state index in [9.17, 15) is 0 Å². The van der Waals surface area contributed by atoms with Gasteiger partial charge in [0.25, 0.3) is 0 Å². The molecule has 0 saturated carbocycles. The largest absolute Gasteiger partial charge is 0.492 e. The van der Waals surface area contributed by atoms with Crippen LogP contribution in [0.15, 0.2) is 42.5 Å². The molecule has 2 unspecified atom stereocenters. The maximum absolute atomic E-state index is 6.03. The molecule has 0 aliphatic carbocycles. The first-order chi connectivity index (χ1) is 10.2. The van der Waals surface area contributed by atoms with E-state index in [4.69, 9.17) is 4.74 Å². The van der Waals surface area contributed by atoms with E-state index in [0.717, 1.165) is 25.3 Å². The van der Waals surface area contributed by atoms with Crippen LogP contribution in [-0.4, -0.2) is 19.2 Å². The minimum Gasteiger partial charge on any atom is -0.492 e. The highest BCUT2D eigenvalue weighted by atomic mass is 16.5. The van der Waals surface area contributed by atoms with E-state index in [1.807, 2.05) is 0 Å².